The Morgan fingerprint density at radius 3 is 2.77 bits per heavy atom. The molecule has 1 aromatic heterocycles. The molecule has 4 heteroatoms. The first kappa shape index (κ1) is 16.6. The molecule has 1 heterocycles. The van der Waals surface area contributed by atoms with Crippen LogP contribution in [-0.2, 0) is 6.42 Å². The van der Waals surface area contributed by atoms with Gasteiger partial charge in [0.15, 0.2) is 0 Å². The predicted molar refractivity (Wildman–Crippen MR) is 106 cm³/mol. The molecule has 0 saturated heterocycles. The Labute approximate surface area is 156 Å². The standard InChI is InChI=1S/C22H16ClFN2/c1-2-13-4-3-5-20(24)22(13)17-8-6-14-12-26-21(25)11-18(14)16-9-7-15(23)10-19(16)17/h2-5,7-12H,1,6H2,(H2,25,26). The molecule has 0 bridgehead atoms. The number of benzene rings is 2. The minimum atomic E-state index is -0.289. The van der Waals surface area contributed by atoms with Gasteiger partial charge in [0.25, 0.3) is 0 Å². The summed E-state index contributed by atoms with van der Waals surface area (Å²) in [6, 6.07) is 12.5. The number of hydrogen-bond acceptors (Lipinski definition) is 2. The van der Waals surface area contributed by atoms with Crippen LogP contribution in [0.3, 0.4) is 0 Å². The van der Waals surface area contributed by atoms with Crippen LogP contribution >= 0.6 is 11.6 Å². The second-order valence-corrected chi connectivity index (χ2v) is 6.62. The number of anilines is 1. The van der Waals surface area contributed by atoms with Gasteiger partial charge in [-0.25, -0.2) is 9.37 Å². The Kier molecular flexibility index (Phi) is 4.09. The number of nitrogens with two attached hydrogens (primary N) is 1. The second kappa shape index (κ2) is 6.43. The van der Waals surface area contributed by atoms with Crippen LogP contribution in [0.15, 0.2) is 61.3 Å². The highest BCUT2D eigenvalue weighted by atomic mass is 35.5. The third kappa shape index (κ3) is 2.71. The summed E-state index contributed by atoms with van der Waals surface area (Å²) in [4.78, 5) is 4.21. The van der Waals surface area contributed by atoms with Gasteiger partial charge in [0, 0.05) is 16.8 Å². The lowest BCUT2D eigenvalue weighted by molar-refractivity contribution is 0.624. The van der Waals surface area contributed by atoms with Crippen molar-refractivity contribution < 1.29 is 4.39 Å². The summed E-state index contributed by atoms with van der Waals surface area (Å²) in [7, 11) is 0. The second-order valence-electron chi connectivity index (χ2n) is 6.19. The number of hydrogen-bond donors (Lipinski definition) is 1. The molecule has 0 saturated carbocycles. The molecule has 2 N–H and O–H groups in total. The summed E-state index contributed by atoms with van der Waals surface area (Å²) in [5.41, 5.74) is 11.8. The van der Waals surface area contributed by atoms with E-state index < -0.39 is 0 Å². The quantitative estimate of drug-likeness (QED) is 0.630. The Morgan fingerprint density at radius 2 is 1.96 bits per heavy atom. The van der Waals surface area contributed by atoms with Gasteiger partial charge in [-0.1, -0.05) is 48.5 Å². The molecule has 0 aliphatic heterocycles. The zero-order valence-corrected chi connectivity index (χ0v) is 14.7. The summed E-state index contributed by atoms with van der Waals surface area (Å²) in [6.07, 6.45) is 6.08. The molecular weight excluding hydrogens is 347 g/mol. The first-order chi connectivity index (χ1) is 12.6. The van der Waals surface area contributed by atoms with E-state index in [1.165, 1.54) is 6.07 Å². The molecule has 0 atom stereocenters. The van der Waals surface area contributed by atoms with Crippen molar-refractivity contribution in [1.29, 1.82) is 0 Å². The monoisotopic (exact) mass is 362 g/mol. The van der Waals surface area contributed by atoms with Crippen molar-refractivity contribution in [3.63, 3.8) is 0 Å². The molecule has 0 radical (unpaired) electrons. The van der Waals surface area contributed by atoms with Gasteiger partial charge >= 0.3 is 0 Å². The number of nitrogens with zero attached hydrogens (tertiary/aromatic N) is 1. The van der Waals surface area contributed by atoms with E-state index in [1.807, 2.05) is 36.4 Å². The number of fused-ring (bicyclic) bond motifs is 3. The van der Waals surface area contributed by atoms with Crippen molar-refractivity contribution in [3.05, 3.63) is 94.4 Å². The molecular formula is C22H16ClFN2. The molecule has 0 fully saturated rings. The summed E-state index contributed by atoms with van der Waals surface area (Å²) < 4.78 is 14.8. The summed E-state index contributed by atoms with van der Waals surface area (Å²) >= 11 is 6.28. The highest BCUT2D eigenvalue weighted by Crippen LogP contribution is 2.41. The average molecular weight is 363 g/mol. The topological polar surface area (TPSA) is 38.9 Å². The normalized spacial score (nSPS) is 12.6. The van der Waals surface area contributed by atoms with E-state index in [-0.39, 0.29) is 5.82 Å². The number of pyridine rings is 1. The van der Waals surface area contributed by atoms with Gasteiger partial charge < -0.3 is 5.73 Å². The van der Waals surface area contributed by atoms with Crippen molar-refractivity contribution in [2.24, 2.45) is 0 Å². The lowest BCUT2D eigenvalue weighted by atomic mass is 9.89. The van der Waals surface area contributed by atoms with E-state index in [9.17, 15) is 4.39 Å². The fraction of sp³-hybridized carbons (Fsp3) is 0.0455. The molecule has 1 aliphatic rings. The Morgan fingerprint density at radius 1 is 1.12 bits per heavy atom. The first-order valence-corrected chi connectivity index (χ1v) is 8.62. The molecule has 0 unspecified atom stereocenters. The van der Waals surface area contributed by atoms with Crippen molar-refractivity contribution in [2.75, 3.05) is 5.73 Å². The van der Waals surface area contributed by atoms with E-state index in [0.29, 0.717) is 22.8 Å². The summed E-state index contributed by atoms with van der Waals surface area (Å²) in [5.74, 6) is 0.161. The minimum Gasteiger partial charge on any atom is -0.384 e. The van der Waals surface area contributed by atoms with Crippen LogP contribution in [0.2, 0.25) is 5.02 Å². The summed E-state index contributed by atoms with van der Waals surface area (Å²) in [5, 5.41) is 0.594. The van der Waals surface area contributed by atoms with Crippen LogP contribution in [0.5, 0.6) is 0 Å². The maximum atomic E-state index is 14.8. The zero-order valence-electron chi connectivity index (χ0n) is 14.0. The van der Waals surface area contributed by atoms with Gasteiger partial charge in [0.2, 0.25) is 0 Å². The first-order valence-electron chi connectivity index (χ1n) is 8.24. The number of aromatic nitrogens is 1. The van der Waals surface area contributed by atoms with Crippen molar-refractivity contribution in [1.82, 2.24) is 4.98 Å². The van der Waals surface area contributed by atoms with Gasteiger partial charge in [-0.05, 0) is 64.1 Å². The van der Waals surface area contributed by atoms with E-state index in [2.05, 4.69) is 11.6 Å². The minimum absolute atomic E-state index is 0.289. The molecule has 4 rings (SSSR count). The van der Waals surface area contributed by atoms with E-state index in [0.717, 1.165) is 33.4 Å². The van der Waals surface area contributed by atoms with E-state index >= 15 is 0 Å². The molecule has 26 heavy (non-hydrogen) atoms. The maximum Gasteiger partial charge on any atom is 0.131 e. The van der Waals surface area contributed by atoms with Crippen molar-refractivity contribution in [3.8, 4) is 11.1 Å². The van der Waals surface area contributed by atoms with Gasteiger partial charge in [0.1, 0.15) is 11.6 Å². The summed E-state index contributed by atoms with van der Waals surface area (Å²) in [6.45, 7) is 3.83. The van der Waals surface area contributed by atoms with Crippen LogP contribution in [0.1, 0.15) is 22.3 Å². The fourth-order valence-corrected chi connectivity index (χ4v) is 3.61. The van der Waals surface area contributed by atoms with Gasteiger partial charge in [-0.3, -0.25) is 0 Å². The van der Waals surface area contributed by atoms with E-state index in [4.69, 9.17) is 17.3 Å². The molecule has 128 valence electrons. The molecule has 1 aliphatic carbocycles. The smallest absolute Gasteiger partial charge is 0.131 e. The predicted octanol–water partition coefficient (Wildman–Crippen LogP) is 5.75. The Bertz CT molecular complexity index is 1070. The van der Waals surface area contributed by atoms with Gasteiger partial charge in [-0.15, -0.1) is 0 Å². The van der Waals surface area contributed by atoms with E-state index in [1.54, 1.807) is 18.3 Å². The van der Waals surface area contributed by atoms with Crippen LogP contribution < -0.4 is 5.73 Å². The average Bonchev–Trinajstić information content (AvgIpc) is 2.78. The SMILES string of the molecule is C=Cc1cccc(F)c1C1=CCc2cnc(N)cc2-c2ccc(Cl)cc21. The Hall–Kier alpha value is -2.91. The van der Waals surface area contributed by atoms with Crippen LogP contribution in [0.4, 0.5) is 10.2 Å². The van der Waals surface area contributed by atoms with Gasteiger partial charge in [0.05, 0.1) is 0 Å². The van der Waals surface area contributed by atoms with Crippen molar-refractivity contribution >= 4 is 29.1 Å². The zero-order chi connectivity index (χ0) is 18.3. The maximum absolute atomic E-state index is 14.8. The largest absolute Gasteiger partial charge is 0.384 e. The van der Waals surface area contributed by atoms with Crippen molar-refractivity contribution in [2.45, 2.75) is 6.42 Å². The van der Waals surface area contributed by atoms with Gasteiger partial charge in [-0.2, -0.15) is 0 Å². The Balaban J connectivity index is 2.05. The number of rotatable bonds is 2. The highest BCUT2D eigenvalue weighted by Gasteiger charge is 2.21. The third-order valence-electron chi connectivity index (χ3n) is 4.63. The lowest BCUT2D eigenvalue weighted by Crippen LogP contribution is -1.98. The lowest BCUT2D eigenvalue weighted by Gasteiger charge is -2.16. The molecule has 0 spiro atoms. The molecule has 0 amide bonds. The number of nitrogen functional groups attached to an aromatic ring is 1. The molecule has 2 aromatic carbocycles. The number of halogens is 2. The fourth-order valence-electron chi connectivity index (χ4n) is 3.44. The third-order valence-corrected chi connectivity index (χ3v) is 4.87. The molecule has 3 aromatic rings. The number of allylic oxidation sites excluding steroid dienone is 1. The highest BCUT2D eigenvalue weighted by molar-refractivity contribution is 6.31. The van der Waals surface area contributed by atoms with Crippen LogP contribution in [0, 0.1) is 5.82 Å². The van der Waals surface area contributed by atoms with Crippen LogP contribution in [-0.4, -0.2) is 4.98 Å². The van der Waals surface area contributed by atoms with Crippen LogP contribution in [0.25, 0.3) is 22.8 Å². The molecule has 2 nitrogen and oxygen atoms in total.